The maximum atomic E-state index is 4.61. The van der Waals surface area contributed by atoms with Gasteiger partial charge in [-0.25, -0.2) is 0 Å². The highest BCUT2D eigenvalue weighted by molar-refractivity contribution is 9.10. The third-order valence-electron chi connectivity index (χ3n) is 3.69. The van der Waals surface area contributed by atoms with Gasteiger partial charge in [-0.15, -0.1) is 0 Å². The zero-order chi connectivity index (χ0) is 12.6. The normalized spacial score (nSPS) is 22.8. The van der Waals surface area contributed by atoms with Crippen molar-refractivity contribution in [1.29, 1.82) is 0 Å². The highest BCUT2D eigenvalue weighted by atomic mass is 79.9. The van der Waals surface area contributed by atoms with E-state index in [2.05, 4.69) is 75.1 Å². The lowest BCUT2D eigenvalue weighted by molar-refractivity contribution is 0.333. The van der Waals surface area contributed by atoms with Gasteiger partial charge in [0.2, 0.25) is 0 Å². The minimum Gasteiger partial charge on any atom is -0.255 e. The molecule has 0 bridgehead atoms. The number of benzene rings is 1. The Morgan fingerprint density at radius 2 is 2.28 bits per heavy atom. The van der Waals surface area contributed by atoms with Crippen LogP contribution in [0, 0.1) is 0 Å². The second-order valence-electron chi connectivity index (χ2n) is 4.71. The molecule has 1 aliphatic carbocycles. The van der Waals surface area contributed by atoms with Crippen molar-refractivity contribution < 1.29 is 0 Å². The number of aromatic nitrogens is 2. The third kappa shape index (κ3) is 1.74. The molecule has 0 unspecified atom stereocenters. The Balaban J connectivity index is 2.21. The molecule has 0 saturated carbocycles. The fraction of sp³-hybridized carbons (Fsp3) is 0.267. The molecule has 1 aliphatic rings. The molecule has 0 N–H and O–H groups in total. The van der Waals surface area contributed by atoms with E-state index in [4.69, 9.17) is 0 Å². The standard InChI is InChI=1S/C15H15BrN2/c1-2-15(8-4-3-5-9-15)18-14-10-13(16)7-6-12(14)11-17-18/h3-8,10-11H,2,9H2,1H3/t15-/m0/s1. The minimum absolute atomic E-state index is 0.0166. The van der Waals surface area contributed by atoms with E-state index in [0.717, 1.165) is 17.3 Å². The zero-order valence-corrected chi connectivity index (χ0v) is 11.9. The van der Waals surface area contributed by atoms with E-state index in [9.17, 15) is 0 Å². The van der Waals surface area contributed by atoms with E-state index in [0.29, 0.717) is 0 Å². The van der Waals surface area contributed by atoms with Gasteiger partial charge in [0.25, 0.3) is 0 Å². The van der Waals surface area contributed by atoms with Crippen LogP contribution in [0.4, 0.5) is 0 Å². The smallest absolute Gasteiger partial charge is 0.0848 e. The molecule has 1 aromatic heterocycles. The van der Waals surface area contributed by atoms with Gasteiger partial charge in [0.05, 0.1) is 17.3 Å². The van der Waals surface area contributed by atoms with E-state index in [1.165, 1.54) is 10.9 Å². The Kier molecular flexibility index (Phi) is 2.86. The van der Waals surface area contributed by atoms with Crippen molar-refractivity contribution in [3.8, 4) is 0 Å². The van der Waals surface area contributed by atoms with Gasteiger partial charge in [0, 0.05) is 9.86 Å². The predicted octanol–water partition coefficient (Wildman–Crippen LogP) is 4.42. The van der Waals surface area contributed by atoms with Crippen molar-refractivity contribution in [2.24, 2.45) is 0 Å². The molecule has 0 fully saturated rings. The fourth-order valence-electron chi connectivity index (χ4n) is 2.57. The maximum Gasteiger partial charge on any atom is 0.0848 e. The first-order chi connectivity index (χ1) is 8.75. The lowest BCUT2D eigenvalue weighted by Gasteiger charge is -2.31. The van der Waals surface area contributed by atoms with Gasteiger partial charge >= 0.3 is 0 Å². The molecule has 0 aliphatic heterocycles. The number of hydrogen-bond acceptors (Lipinski definition) is 1. The van der Waals surface area contributed by atoms with Crippen molar-refractivity contribution in [2.75, 3.05) is 0 Å². The second kappa shape index (κ2) is 4.39. The van der Waals surface area contributed by atoms with Crippen molar-refractivity contribution in [3.63, 3.8) is 0 Å². The molecule has 0 saturated heterocycles. The van der Waals surface area contributed by atoms with Gasteiger partial charge in [-0.2, -0.15) is 5.10 Å². The first-order valence-corrected chi connectivity index (χ1v) is 7.03. The van der Waals surface area contributed by atoms with Gasteiger partial charge in [0.15, 0.2) is 0 Å². The third-order valence-corrected chi connectivity index (χ3v) is 4.19. The summed E-state index contributed by atoms with van der Waals surface area (Å²) in [5, 5.41) is 5.80. The largest absolute Gasteiger partial charge is 0.255 e. The molecule has 2 nitrogen and oxygen atoms in total. The number of rotatable bonds is 2. The highest BCUT2D eigenvalue weighted by Gasteiger charge is 2.29. The summed E-state index contributed by atoms with van der Waals surface area (Å²) in [4.78, 5) is 0. The van der Waals surface area contributed by atoms with Crippen LogP contribution in [0.3, 0.4) is 0 Å². The van der Waals surface area contributed by atoms with E-state index < -0.39 is 0 Å². The van der Waals surface area contributed by atoms with Gasteiger partial charge in [-0.3, -0.25) is 4.68 Å². The molecule has 1 heterocycles. The second-order valence-corrected chi connectivity index (χ2v) is 5.62. The molecule has 2 aromatic rings. The average Bonchev–Trinajstić information content (AvgIpc) is 2.83. The van der Waals surface area contributed by atoms with Crippen molar-refractivity contribution >= 4 is 26.8 Å². The average molecular weight is 303 g/mol. The number of halogens is 1. The van der Waals surface area contributed by atoms with Gasteiger partial charge in [-0.1, -0.05) is 53.2 Å². The summed E-state index contributed by atoms with van der Waals surface area (Å²) in [5.41, 5.74) is 1.17. The Hall–Kier alpha value is -1.35. The van der Waals surface area contributed by atoms with Crippen LogP contribution < -0.4 is 0 Å². The number of nitrogens with zero attached hydrogens (tertiary/aromatic N) is 2. The molecule has 0 radical (unpaired) electrons. The Morgan fingerprint density at radius 1 is 1.39 bits per heavy atom. The number of fused-ring (bicyclic) bond motifs is 1. The minimum atomic E-state index is -0.0166. The topological polar surface area (TPSA) is 17.8 Å². The fourth-order valence-corrected chi connectivity index (χ4v) is 2.92. The molecule has 0 spiro atoms. The lowest BCUT2D eigenvalue weighted by atomic mass is 9.88. The SMILES string of the molecule is CC[C@]1(n2ncc3ccc(Br)cc32)C=CC=CC1. The van der Waals surface area contributed by atoms with Crippen LogP contribution in [0.25, 0.3) is 10.9 Å². The first kappa shape index (κ1) is 11.7. The molecular weight excluding hydrogens is 288 g/mol. The van der Waals surface area contributed by atoms with Gasteiger partial charge in [-0.05, 0) is 25.0 Å². The molecule has 3 heteroatoms. The molecule has 3 rings (SSSR count). The molecule has 0 amide bonds. The zero-order valence-electron chi connectivity index (χ0n) is 10.3. The maximum absolute atomic E-state index is 4.61. The van der Waals surface area contributed by atoms with Crippen molar-refractivity contribution in [3.05, 3.63) is 53.2 Å². The lowest BCUT2D eigenvalue weighted by Crippen LogP contribution is -2.32. The molecule has 18 heavy (non-hydrogen) atoms. The van der Waals surface area contributed by atoms with Crippen LogP contribution in [0.1, 0.15) is 19.8 Å². The van der Waals surface area contributed by atoms with Crippen molar-refractivity contribution in [1.82, 2.24) is 9.78 Å². The quantitative estimate of drug-likeness (QED) is 0.803. The molecule has 92 valence electrons. The molecule has 1 aromatic carbocycles. The summed E-state index contributed by atoms with van der Waals surface area (Å²) < 4.78 is 3.26. The highest BCUT2D eigenvalue weighted by Crippen LogP contribution is 2.33. The molecule has 1 atom stereocenters. The van der Waals surface area contributed by atoms with Crippen molar-refractivity contribution in [2.45, 2.75) is 25.3 Å². The van der Waals surface area contributed by atoms with Crippen LogP contribution in [0.5, 0.6) is 0 Å². The summed E-state index contributed by atoms with van der Waals surface area (Å²) in [7, 11) is 0. The number of hydrogen-bond donors (Lipinski definition) is 0. The summed E-state index contributed by atoms with van der Waals surface area (Å²) in [6, 6.07) is 6.31. The van der Waals surface area contributed by atoms with E-state index in [1.54, 1.807) is 0 Å². The van der Waals surface area contributed by atoms with Crippen LogP contribution in [-0.4, -0.2) is 9.78 Å². The Labute approximate surface area is 115 Å². The summed E-state index contributed by atoms with van der Waals surface area (Å²) in [5.74, 6) is 0. The summed E-state index contributed by atoms with van der Waals surface area (Å²) in [6.45, 7) is 2.22. The van der Waals surface area contributed by atoms with Crippen LogP contribution in [-0.2, 0) is 5.54 Å². The van der Waals surface area contributed by atoms with Crippen LogP contribution >= 0.6 is 15.9 Å². The predicted molar refractivity (Wildman–Crippen MR) is 78.6 cm³/mol. The van der Waals surface area contributed by atoms with E-state index in [1.807, 2.05) is 6.20 Å². The Bertz CT molecular complexity index is 639. The van der Waals surface area contributed by atoms with E-state index in [-0.39, 0.29) is 5.54 Å². The monoisotopic (exact) mass is 302 g/mol. The van der Waals surface area contributed by atoms with Gasteiger partial charge < -0.3 is 0 Å². The summed E-state index contributed by atoms with van der Waals surface area (Å²) in [6.07, 6.45) is 12.7. The summed E-state index contributed by atoms with van der Waals surface area (Å²) >= 11 is 3.54. The van der Waals surface area contributed by atoms with Crippen LogP contribution in [0.2, 0.25) is 0 Å². The van der Waals surface area contributed by atoms with Gasteiger partial charge in [0.1, 0.15) is 0 Å². The molecular formula is C15H15BrN2. The number of allylic oxidation sites excluding steroid dienone is 4. The first-order valence-electron chi connectivity index (χ1n) is 6.23. The van der Waals surface area contributed by atoms with E-state index >= 15 is 0 Å². The van der Waals surface area contributed by atoms with Crippen LogP contribution in [0.15, 0.2) is 53.2 Å². The Morgan fingerprint density at radius 3 is 3.00 bits per heavy atom.